The van der Waals surface area contributed by atoms with E-state index in [4.69, 9.17) is 0 Å². The lowest BCUT2D eigenvalue weighted by Crippen LogP contribution is -2.03. The molecule has 7 heteroatoms. The molecule has 2 aromatic carbocycles. The van der Waals surface area contributed by atoms with Gasteiger partial charge in [0.05, 0.1) is 17.0 Å². The highest BCUT2D eigenvalue weighted by Crippen LogP contribution is 2.31. The van der Waals surface area contributed by atoms with Crippen molar-refractivity contribution in [1.82, 2.24) is 20.4 Å². The van der Waals surface area contributed by atoms with Gasteiger partial charge in [0.1, 0.15) is 0 Å². The van der Waals surface area contributed by atoms with E-state index in [1.165, 1.54) is 23.3 Å². The summed E-state index contributed by atoms with van der Waals surface area (Å²) in [6.07, 6.45) is -2.70. The monoisotopic (exact) mass is 452 g/mol. The molecule has 0 bridgehead atoms. The lowest BCUT2D eigenvalue weighted by Gasteiger charge is -2.10. The number of hydrogen-bond acceptors (Lipinski definition) is 2. The fourth-order valence-electron chi connectivity index (χ4n) is 3.81. The predicted molar refractivity (Wildman–Crippen MR) is 123 cm³/mol. The van der Waals surface area contributed by atoms with Gasteiger partial charge in [-0.3, -0.25) is 10.2 Å². The first-order chi connectivity index (χ1) is 15.7. The minimum atomic E-state index is -4.34. The quantitative estimate of drug-likeness (QED) is 0.321. The third kappa shape index (κ3) is 5.53. The molecule has 0 fully saturated rings. The van der Waals surface area contributed by atoms with E-state index in [0.717, 1.165) is 42.1 Å². The molecule has 2 N–H and O–H groups in total. The van der Waals surface area contributed by atoms with Crippen LogP contribution in [0, 0.1) is 0 Å². The Balaban J connectivity index is 1.38. The van der Waals surface area contributed by atoms with Crippen molar-refractivity contribution < 1.29 is 13.2 Å². The zero-order valence-electron chi connectivity index (χ0n) is 18.9. The van der Waals surface area contributed by atoms with Gasteiger partial charge in [-0.15, -0.1) is 0 Å². The summed E-state index contributed by atoms with van der Waals surface area (Å²) in [5.41, 5.74) is 6.20. The van der Waals surface area contributed by atoms with Crippen LogP contribution in [0.4, 0.5) is 13.2 Å². The fraction of sp³-hybridized carbons (Fsp3) is 0.308. The van der Waals surface area contributed by atoms with E-state index in [1.54, 1.807) is 0 Å². The Hall–Kier alpha value is -3.35. The van der Waals surface area contributed by atoms with Crippen molar-refractivity contribution in [1.29, 1.82) is 0 Å². The molecule has 0 saturated carbocycles. The molecule has 1 atom stereocenters. The van der Waals surface area contributed by atoms with Crippen molar-refractivity contribution in [3.63, 3.8) is 0 Å². The van der Waals surface area contributed by atoms with Crippen LogP contribution in [0.25, 0.3) is 11.3 Å². The second kappa shape index (κ2) is 9.25. The molecule has 0 aliphatic heterocycles. The Morgan fingerprint density at radius 2 is 1.48 bits per heavy atom. The zero-order chi connectivity index (χ0) is 23.6. The molecule has 2 aromatic heterocycles. The van der Waals surface area contributed by atoms with Crippen LogP contribution in [0.5, 0.6) is 0 Å². The largest absolute Gasteiger partial charge is 0.416 e. The van der Waals surface area contributed by atoms with E-state index in [-0.39, 0.29) is 5.92 Å². The van der Waals surface area contributed by atoms with Crippen molar-refractivity contribution >= 4 is 0 Å². The highest BCUT2D eigenvalue weighted by Gasteiger charge is 2.30. The average molecular weight is 453 g/mol. The summed E-state index contributed by atoms with van der Waals surface area (Å²) in [5, 5.41) is 14.8. The van der Waals surface area contributed by atoms with E-state index in [1.807, 2.05) is 6.07 Å². The lowest BCUT2D eigenvalue weighted by molar-refractivity contribution is -0.137. The average Bonchev–Trinajstić information content (AvgIpc) is 3.45. The number of benzene rings is 2. The van der Waals surface area contributed by atoms with Crippen LogP contribution < -0.4 is 0 Å². The smallest absolute Gasteiger partial charge is 0.282 e. The van der Waals surface area contributed by atoms with Crippen LogP contribution in [-0.4, -0.2) is 20.4 Å². The Morgan fingerprint density at radius 3 is 2.09 bits per heavy atom. The number of alkyl halides is 3. The highest BCUT2D eigenvalue weighted by molar-refractivity contribution is 5.60. The van der Waals surface area contributed by atoms with E-state index < -0.39 is 11.7 Å². The Kier molecular flexibility index (Phi) is 6.40. The molecule has 2 heterocycles. The molecule has 0 saturated heterocycles. The number of H-pyrrole nitrogens is 2. The molecular weight excluding hydrogens is 425 g/mol. The van der Waals surface area contributed by atoms with Gasteiger partial charge in [-0.25, -0.2) is 0 Å². The van der Waals surface area contributed by atoms with Crippen molar-refractivity contribution in [3.05, 3.63) is 94.4 Å². The van der Waals surface area contributed by atoms with Crippen LogP contribution in [-0.2, 0) is 19.0 Å². The maximum atomic E-state index is 12.8. The molecule has 0 spiro atoms. The van der Waals surface area contributed by atoms with Gasteiger partial charge in [-0.1, -0.05) is 57.2 Å². The van der Waals surface area contributed by atoms with Gasteiger partial charge in [0.15, 0.2) is 0 Å². The predicted octanol–water partition coefficient (Wildman–Crippen LogP) is 6.88. The molecule has 4 rings (SSSR count). The van der Waals surface area contributed by atoms with Gasteiger partial charge in [0, 0.05) is 29.3 Å². The van der Waals surface area contributed by atoms with E-state index in [2.05, 4.69) is 71.5 Å². The lowest BCUT2D eigenvalue weighted by atomic mass is 9.96. The van der Waals surface area contributed by atoms with E-state index in [0.29, 0.717) is 17.2 Å². The summed E-state index contributed by atoms with van der Waals surface area (Å²) >= 11 is 0. The number of nitrogens with zero attached hydrogens (tertiary/aromatic N) is 2. The number of nitrogens with one attached hydrogen (secondary N) is 2. The molecule has 0 radical (unpaired) electrons. The van der Waals surface area contributed by atoms with E-state index in [9.17, 15) is 13.2 Å². The number of rotatable bonds is 7. The van der Waals surface area contributed by atoms with Crippen LogP contribution >= 0.6 is 0 Å². The highest BCUT2D eigenvalue weighted by atomic mass is 19.4. The second-order valence-corrected chi connectivity index (χ2v) is 8.85. The van der Waals surface area contributed by atoms with Gasteiger partial charge in [-0.05, 0) is 47.7 Å². The van der Waals surface area contributed by atoms with Crippen molar-refractivity contribution in [2.75, 3.05) is 0 Å². The maximum Gasteiger partial charge on any atom is 0.416 e. The summed E-state index contributed by atoms with van der Waals surface area (Å²) in [4.78, 5) is 0. The first kappa shape index (κ1) is 22.8. The van der Waals surface area contributed by atoms with Crippen molar-refractivity contribution in [2.45, 2.75) is 51.6 Å². The Bertz CT molecular complexity index is 1190. The van der Waals surface area contributed by atoms with Gasteiger partial charge in [0.25, 0.3) is 0 Å². The molecule has 0 aliphatic rings. The molecular formula is C26H27F3N4. The summed E-state index contributed by atoms with van der Waals surface area (Å²) in [6, 6.07) is 17.7. The SMILES string of the molecule is CC(C)c1cc(Cc2ccc(CC(C)c3cc(-c4ccc(C(F)(F)F)cc4)n[nH]3)cc2)[nH]n1. The normalized spacial score (nSPS) is 12.9. The Morgan fingerprint density at radius 1 is 0.818 bits per heavy atom. The number of aromatic amines is 2. The maximum absolute atomic E-state index is 12.8. The zero-order valence-corrected chi connectivity index (χ0v) is 18.9. The fourth-order valence-corrected chi connectivity index (χ4v) is 3.81. The molecule has 4 aromatic rings. The number of halogens is 3. The van der Waals surface area contributed by atoms with Gasteiger partial charge in [-0.2, -0.15) is 23.4 Å². The molecule has 4 nitrogen and oxygen atoms in total. The minimum Gasteiger partial charge on any atom is -0.282 e. The minimum absolute atomic E-state index is 0.188. The molecule has 0 aliphatic carbocycles. The summed E-state index contributed by atoms with van der Waals surface area (Å²) < 4.78 is 38.3. The van der Waals surface area contributed by atoms with Crippen LogP contribution in [0.15, 0.2) is 60.7 Å². The van der Waals surface area contributed by atoms with E-state index >= 15 is 0 Å². The first-order valence-corrected chi connectivity index (χ1v) is 11.0. The molecule has 1 unspecified atom stereocenters. The molecule has 172 valence electrons. The van der Waals surface area contributed by atoms with Crippen LogP contribution in [0.3, 0.4) is 0 Å². The van der Waals surface area contributed by atoms with Gasteiger partial charge >= 0.3 is 6.18 Å². The first-order valence-electron chi connectivity index (χ1n) is 11.0. The van der Waals surface area contributed by atoms with Gasteiger partial charge < -0.3 is 0 Å². The van der Waals surface area contributed by atoms with Crippen molar-refractivity contribution in [2.24, 2.45) is 0 Å². The number of aromatic nitrogens is 4. The number of hydrogen-bond donors (Lipinski definition) is 2. The van der Waals surface area contributed by atoms with Crippen LogP contribution in [0.2, 0.25) is 0 Å². The molecule has 33 heavy (non-hydrogen) atoms. The van der Waals surface area contributed by atoms with Crippen LogP contribution in [0.1, 0.15) is 66.4 Å². The summed E-state index contributed by atoms with van der Waals surface area (Å²) in [7, 11) is 0. The second-order valence-electron chi connectivity index (χ2n) is 8.85. The van der Waals surface area contributed by atoms with Gasteiger partial charge in [0.2, 0.25) is 0 Å². The molecule has 0 amide bonds. The summed E-state index contributed by atoms with van der Waals surface area (Å²) in [5.74, 6) is 0.592. The summed E-state index contributed by atoms with van der Waals surface area (Å²) in [6.45, 7) is 6.36. The van der Waals surface area contributed by atoms with Crippen molar-refractivity contribution in [3.8, 4) is 11.3 Å². The third-order valence-electron chi connectivity index (χ3n) is 5.84. The Labute approximate surface area is 191 Å². The standard InChI is InChI=1S/C26H27F3N4/c1-16(2)23-14-22(30-31-23)13-19-6-4-18(5-7-19)12-17(3)24-15-25(33-32-24)20-8-10-21(11-9-20)26(27,28)29/h4-11,14-17H,12-13H2,1-3H3,(H,30,31)(H,32,33). The topological polar surface area (TPSA) is 57.4 Å². The third-order valence-corrected chi connectivity index (χ3v) is 5.84.